The van der Waals surface area contributed by atoms with E-state index in [1.807, 2.05) is 0 Å². The van der Waals surface area contributed by atoms with Gasteiger partial charge in [-0.05, 0) is 44.5 Å². The molecule has 0 bridgehead atoms. The lowest BCUT2D eigenvalue weighted by molar-refractivity contribution is -0.137. The van der Waals surface area contributed by atoms with Crippen LogP contribution in [0.3, 0.4) is 0 Å². The Labute approximate surface area is 136 Å². The maximum Gasteiger partial charge on any atom is 0.368 e. The Kier molecular flexibility index (Phi) is 8.03. The summed E-state index contributed by atoms with van der Waals surface area (Å²) in [4.78, 5) is 12.2. The zero-order chi connectivity index (χ0) is 17.3. The molecule has 0 radical (unpaired) electrons. The second-order valence-electron chi connectivity index (χ2n) is 4.36. The highest BCUT2D eigenvalue weighted by Gasteiger charge is 2.36. The predicted octanol–water partition coefficient (Wildman–Crippen LogP) is 3.87. The van der Waals surface area contributed by atoms with Crippen LogP contribution in [0.4, 0.5) is 0 Å². The van der Waals surface area contributed by atoms with Crippen molar-refractivity contribution in [2.75, 3.05) is 26.9 Å². The third-order valence-electron chi connectivity index (χ3n) is 2.77. The molecule has 0 aliphatic carbocycles. The van der Waals surface area contributed by atoms with E-state index in [0.29, 0.717) is 11.3 Å². The first-order chi connectivity index (χ1) is 11.0. The molecule has 0 saturated carbocycles. The molecule has 0 aromatic heterocycles. The van der Waals surface area contributed by atoms with E-state index >= 15 is 0 Å². The quantitative estimate of drug-likeness (QED) is 0.385. The molecule has 0 spiro atoms. The maximum absolute atomic E-state index is 12.9. The van der Waals surface area contributed by atoms with Crippen LogP contribution in [0.2, 0.25) is 0 Å². The van der Waals surface area contributed by atoms with Gasteiger partial charge in [0.1, 0.15) is 11.1 Å². The highest BCUT2D eigenvalue weighted by Crippen LogP contribution is 2.57. The molecule has 0 aliphatic heterocycles. The molecule has 0 unspecified atom stereocenters. The molecule has 23 heavy (non-hydrogen) atoms. The molecule has 1 aromatic carbocycles. The van der Waals surface area contributed by atoms with Crippen LogP contribution in [0.15, 0.2) is 29.6 Å². The molecule has 7 heteroatoms. The molecule has 0 heterocycles. The molecule has 0 fully saturated rings. The molecular weight excluding hydrogens is 319 g/mol. The summed E-state index contributed by atoms with van der Waals surface area (Å²) in [7, 11) is -2.22. The largest absolute Gasteiger partial charge is 0.497 e. The second-order valence-corrected chi connectivity index (χ2v) is 6.35. The normalized spacial score (nSPS) is 12.1. The monoisotopic (exact) mass is 342 g/mol. The SMILES string of the molecule is CCOC(=O)/C(=C/c1cccc(OC)c1)P(=O)(OCC)OCC. The van der Waals surface area contributed by atoms with Crippen LogP contribution in [-0.2, 0) is 23.1 Å². The minimum Gasteiger partial charge on any atom is -0.497 e. The number of benzene rings is 1. The van der Waals surface area contributed by atoms with Gasteiger partial charge in [0, 0.05) is 0 Å². The van der Waals surface area contributed by atoms with E-state index in [1.54, 1.807) is 52.1 Å². The minimum atomic E-state index is -3.76. The first kappa shape index (κ1) is 19.4. The zero-order valence-corrected chi connectivity index (χ0v) is 14.8. The molecule has 6 nitrogen and oxygen atoms in total. The van der Waals surface area contributed by atoms with E-state index < -0.39 is 13.6 Å². The smallest absolute Gasteiger partial charge is 0.368 e. The van der Waals surface area contributed by atoms with Gasteiger partial charge in [0.25, 0.3) is 0 Å². The van der Waals surface area contributed by atoms with Gasteiger partial charge in [0.15, 0.2) is 0 Å². The highest BCUT2D eigenvalue weighted by molar-refractivity contribution is 7.60. The maximum atomic E-state index is 12.9. The van der Waals surface area contributed by atoms with Gasteiger partial charge >= 0.3 is 13.6 Å². The van der Waals surface area contributed by atoms with Crippen LogP contribution < -0.4 is 4.74 Å². The van der Waals surface area contributed by atoms with Gasteiger partial charge in [-0.3, -0.25) is 4.57 Å². The fraction of sp³-hybridized carbons (Fsp3) is 0.438. The Balaban J connectivity index is 3.35. The Morgan fingerprint density at radius 1 is 1.13 bits per heavy atom. The minimum absolute atomic E-state index is 0.128. The van der Waals surface area contributed by atoms with Crippen LogP contribution >= 0.6 is 7.60 Å². The van der Waals surface area contributed by atoms with Crippen molar-refractivity contribution < 1.29 is 27.9 Å². The average molecular weight is 342 g/mol. The lowest BCUT2D eigenvalue weighted by Gasteiger charge is -2.19. The van der Waals surface area contributed by atoms with Crippen LogP contribution in [0.25, 0.3) is 6.08 Å². The van der Waals surface area contributed by atoms with Gasteiger partial charge in [-0.1, -0.05) is 12.1 Å². The summed E-state index contributed by atoms with van der Waals surface area (Å²) < 4.78 is 33.6. The molecule has 0 N–H and O–H groups in total. The van der Waals surface area contributed by atoms with E-state index in [4.69, 9.17) is 18.5 Å². The van der Waals surface area contributed by atoms with Gasteiger partial charge in [-0.25, -0.2) is 4.79 Å². The van der Waals surface area contributed by atoms with E-state index in [2.05, 4.69) is 0 Å². The number of rotatable bonds is 9. The van der Waals surface area contributed by atoms with Crippen molar-refractivity contribution in [1.29, 1.82) is 0 Å². The first-order valence-corrected chi connectivity index (χ1v) is 8.97. The zero-order valence-electron chi connectivity index (χ0n) is 13.9. The van der Waals surface area contributed by atoms with Crippen molar-refractivity contribution in [3.63, 3.8) is 0 Å². The van der Waals surface area contributed by atoms with Crippen molar-refractivity contribution >= 4 is 19.6 Å². The van der Waals surface area contributed by atoms with Crippen molar-refractivity contribution in [3.8, 4) is 5.75 Å². The fourth-order valence-electron chi connectivity index (χ4n) is 1.86. The topological polar surface area (TPSA) is 71.1 Å². The number of esters is 1. The van der Waals surface area contributed by atoms with Gasteiger partial charge < -0.3 is 18.5 Å². The molecule has 128 valence electrons. The lowest BCUT2D eigenvalue weighted by Crippen LogP contribution is -2.11. The predicted molar refractivity (Wildman–Crippen MR) is 88.5 cm³/mol. The summed E-state index contributed by atoms with van der Waals surface area (Å²) in [5, 5.41) is -0.128. The van der Waals surface area contributed by atoms with E-state index in [9.17, 15) is 9.36 Å². The van der Waals surface area contributed by atoms with Crippen molar-refractivity contribution in [2.24, 2.45) is 0 Å². The summed E-state index contributed by atoms with van der Waals surface area (Å²) in [6.45, 7) is 5.48. The molecule has 0 aliphatic rings. The second kappa shape index (κ2) is 9.50. The van der Waals surface area contributed by atoms with E-state index in [1.165, 1.54) is 6.08 Å². The number of hydrogen-bond acceptors (Lipinski definition) is 6. The number of carbonyl (C=O) groups excluding carboxylic acids is 1. The third kappa shape index (κ3) is 5.50. The molecule has 0 atom stereocenters. The summed E-state index contributed by atoms with van der Waals surface area (Å²) in [6, 6.07) is 7.00. The number of carbonyl (C=O) groups is 1. The van der Waals surface area contributed by atoms with Crippen LogP contribution in [0.5, 0.6) is 5.75 Å². The molecule has 1 aromatic rings. The average Bonchev–Trinajstić information content (AvgIpc) is 2.53. The standard InChI is InChI=1S/C16H23O6P/c1-5-20-16(17)15(23(18,21-6-2)22-7-3)12-13-9-8-10-14(11-13)19-4/h8-12H,5-7H2,1-4H3/b15-12-. The van der Waals surface area contributed by atoms with Crippen LogP contribution in [0.1, 0.15) is 26.3 Å². The lowest BCUT2D eigenvalue weighted by atomic mass is 10.2. The third-order valence-corrected chi connectivity index (χ3v) is 4.87. The summed E-state index contributed by atoms with van der Waals surface area (Å²) >= 11 is 0. The van der Waals surface area contributed by atoms with Crippen molar-refractivity contribution in [1.82, 2.24) is 0 Å². The number of hydrogen-bond donors (Lipinski definition) is 0. The number of methoxy groups -OCH3 is 1. The van der Waals surface area contributed by atoms with Crippen molar-refractivity contribution in [2.45, 2.75) is 20.8 Å². The summed E-state index contributed by atoms with van der Waals surface area (Å²) in [5.41, 5.74) is 0.632. The first-order valence-electron chi connectivity index (χ1n) is 7.43. The number of ether oxygens (including phenoxy) is 2. The molecule has 0 saturated heterocycles. The Hall–Kier alpha value is -1.62. The molecule has 1 rings (SSSR count). The van der Waals surface area contributed by atoms with E-state index in [0.717, 1.165) is 0 Å². The molecular formula is C16H23O6P. The summed E-state index contributed by atoms with van der Waals surface area (Å²) in [6.07, 6.45) is 1.45. The van der Waals surface area contributed by atoms with Gasteiger partial charge in [-0.2, -0.15) is 0 Å². The Morgan fingerprint density at radius 2 is 1.78 bits per heavy atom. The van der Waals surface area contributed by atoms with Gasteiger partial charge in [0.05, 0.1) is 26.9 Å². The molecule has 0 amide bonds. The van der Waals surface area contributed by atoms with Gasteiger partial charge in [0.2, 0.25) is 0 Å². The van der Waals surface area contributed by atoms with Crippen LogP contribution in [0, 0.1) is 0 Å². The Morgan fingerprint density at radius 3 is 2.30 bits per heavy atom. The van der Waals surface area contributed by atoms with Gasteiger partial charge in [-0.15, -0.1) is 0 Å². The summed E-state index contributed by atoms with van der Waals surface area (Å²) in [5.74, 6) is -0.106. The highest BCUT2D eigenvalue weighted by atomic mass is 31.2. The Bertz CT molecular complexity index is 586. The van der Waals surface area contributed by atoms with Crippen LogP contribution in [-0.4, -0.2) is 32.9 Å². The van der Waals surface area contributed by atoms with Crippen molar-refractivity contribution in [3.05, 3.63) is 35.1 Å². The van der Waals surface area contributed by atoms with E-state index in [-0.39, 0.29) is 25.1 Å². The fourth-order valence-corrected chi connectivity index (χ4v) is 3.49.